The molecule has 2 aromatic rings. The van der Waals surface area contributed by atoms with Gasteiger partial charge in [0, 0.05) is 25.1 Å². The molecule has 0 aliphatic carbocycles. The summed E-state index contributed by atoms with van der Waals surface area (Å²) in [5.74, 6) is -1.85. The molecule has 2 aliphatic rings. The maximum atomic E-state index is 13.0. The van der Waals surface area contributed by atoms with Gasteiger partial charge in [-0.2, -0.15) is 0 Å². The minimum Gasteiger partial charge on any atom is -0.463 e. The lowest BCUT2D eigenvalue weighted by molar-refractivity contribution is -0.242. The average molecular weight is 606 g/mol. The van der Waals surface area contributed by atoms with Gasteiger partial charge < -0.3 is 54.9 Å². The molecule has 1 amide bonds. The first-order valence-corrected chi connectivity index (χ1v) is 13.5. The van der Waals surface area contributed by atoms with E-state index in [-0.39, 0.29) is 12.2 Å². The zero-order chi connectivity index (χ0) is 31.4. The van der Waals surface area contributed by atoms with E-state index in [1.165, 1.54) is 31.2 Å². The number of amides is 1. The molecule has 10 atom stereocenters. The Morgan fingerprint density at radius 1 is 0.767 bits per heavy atom. The van der Waals surface area contributed by atoms with Crippen molar-refractivity contribution in [1.29, 1.82) is 0 Å². The van der Waals surface area contributed by atoms with Gasteiger partial charge in [-0.1, -0.05) is 24.3 Å². The van der Waals surface area contributed by atoms with Crippen LogP contribution < -0.4 is 5.32 Å². The number of carbonyl (C=O) groups is 3. The first-order chi connectivity index (χ1) is 20.4. The number of hydrogen-bond donors (Lipinski definition) is 7. The van der Waals surface area contributed by atoms with Crippen LogP contribution in [0.5, 0.6) is 0 Å². The number of esters is 2. The Bertz CT molecular complexity index is 1290. The lowest BCUT2D eigenvalue weighted by Gasteiger charge is -2.42. The number of carbonyl (C=O) groups excluding carboxylic acids is 3. The highest BCUT2D eigenvalue weighted by Crippen LogP contribution is 2.35. The molecular weight excluding hydrogens is 570 g/mol. The van der Waals surface area contributed by atoms with Crippen molar-refractivity contribution < 1.29 is 64.0 Å². The standard InChI is InChI=1S/C29H35NO13/c1-13(32)40-12-20-28(41-14(2)33)25(38)24(37)26(43-20)15-6-8-18(9-7-15)30-29(39)17-5-3-4-16(10-17)27-23(36)22(35)21(34)19(11-31)42-27/h3-10,19-28,31,34-38H,11-12H2,1-2H3,(H,30,39)/t19-,20-,21-,22+,23-,24+,25-,26-,27-,28+/m1/s1. The molecule has 0 radical (unpaired) electrons. The van der Waals surface area contributed by atoms with E-state index in [1.807, 2.05) is 0 Å². The molecule has 234 valence electrons. The van der Waals surface area contributed by atoms with Crippen molar-refractivity contribution in [2.45, 2.75) is 74.9 Å². The SMILES string of the molecule is CC(=O)OC[C@H]1O[C@H](c2ccc(NC(=O)c3cccc([C@H]4O[C@H](CO)[C@@H](O)[C@H](O)[C@H]4O)c3)cc2)[C@@H](O)[C@@H](O)[C@H]1OC(C)=O. The van der Waals surface area contributed by atoms with E-state index in [0.717, 1.165) is 6.92 Å². The van der Waals surface area contributed by atoms with E-state index >= 15 is 0 Å². The Hall–Kier alpha value is -3.47. The third-order valence-corrected chi connectivity index (χ3v) is 7.30. The average Bonchev–Trinajstić information content (AvgIpc) is 2.98. The van der Waals surface area contributed by atoms with E-state index in [1.54, 1.807) is 24.3 Å². The quantitative estimate of drug-likeness (QED) is 0.182. The van der Waals surface area contributed by atoms with Gasteiger partial charge in [0.25, 0.3) is 5.91 Å². The van der Waals surface area contributed by atoms with Crippen LogP contribution in [-0.4, -0.2) is 111 Å². The second-order valence-corrected chi connectivity index (χ2v) is 10.4. The monoisotopic (exact) mass is 605 g/mol. The van der Waals surface area contributed by atoms with Gasteiger partial charge >= 0.3 is 11.9 Å². The molecule has 2 heterocycles. The van der Waals surface area contributed by atoms with Crippen molar-refractivity contribution in [3.63, 3.8) is 0 Å². The first kappa shape index (κ1) is 32.4. The van der Waals surface area contributed by atoms with Crippen LogP contribution in [0.4, 0.5) is 5.69 Å². The summed E-state index contributed by atoms with van der Waals surface area (Å²) < 4.78 is 21.6. The number of aliphatic hydroxyl groups excluding tert-OH is 6. The van der Waals surface area contributed by atoms with Crippen LogP contribution >= 0.6 is 0 Å². The van der Waals surface area contributed by atoms with E-state index in [9.17, 15) is 45.0 Å². The zero-order valence-electron chi connectivity index (χ0n) is 23.3. The predicted molar refractivity (Wildman–Crippen MR) is 145 cm³/mol. The minimum atomic E-state index is -1.57. The van der Waals surface area contributed by atoms with Gasteiger partial charge in [-0.05, 0) is 35.4 Å². The molecule has 2 aromatic carbocycles. The van der Waals surface area contributed by atoms with E-state index < -0.39 is 85.5 Å². The summed E-state index contributed by atoms with van der Waals surface area (Å²) in [6.45, 7) is 1.40. The molecule has 2 fully saturated rings. The highest BCUT2D eigenvalue weighted by molar-refractivity contribution is 6.04. The molecule has 0 bridgehead atoms. The molecule has 0 spiro atoms. The van der Waals surface area contributed by atoms with Gasteiger partial charge in [0.1, 0.15) is 61.5 Å². The Kier molecular flexibility index (Phi) is 10.5. The van der Waals surface area contributed by atoms with Crippen LogP contribution in [0.3, 0.4) is 0 Å². The fourth-order valence-corrected chi connectivity index (χ4v) is 5.08. The molecule has 0 saturated carbocycles. The van der Waals surface area contributed by atoms with Crippen LogP contribution in [-0.2, 0) is 28.5 Å². The number of ether oxygens (including phenoxy) is 4. The first-order valence-electron chi connectivity index (χ1n) is 13.5. The Labute approximate surface area is 246 Å². The number of aliphatic hydroxyl groups is 6. The van der Waals surface area contributed by atoms with Crippen LogP contribution in [0.2, 0.25) is 0 Å². The smallest absolute Gasteiger partial charge is 0.303 e. The van der Waals surface area contributed by atoms with Crippen molar-refractivity contribution in [2.75, 3.05) is 18.5 Å². The highest BCUT2D eigenvalue weighted by atomic mass is 16.6. The van der Waals surface area contributed by atoms with Gasteiger partial charge in [-0.3, -0.25) is 14.4 Å². The summed E-state index contributed by atoms with van der Waals surface area (Å²) in [4.78, 5) is 35.9. The molecule has 14 nitrogen and oxygen atoms in total. The molecule has 2 saturated heterocycles. The van der Waals surface area contributed by atoms with Gasteiger partial charge in [-0.25, -0.2) is 0 Å². The van der Waals surface area contributed by atoms with E-state index in [2.05, 4.69) is 5.32 Å². The van der Waals surface area contributed by atoms with Crippen LogP contribution in [0.15, 0.2) is 48.5 Å². The van der Waals surface area contributed by atoms with Crippen molar-refractivity contribution in [2.24, 2.45) is 0 Å². The van der Waals surface area contributed by atoms with Crippen molar-refractivity contribution in [1.82, 2.24) is 0 Å². The summed E-state index contributed by atoms with van der Waals surface area (Å²) in [6.07, 6.45) is -13.2. The van der Waals surface area contributed by atoms with Crippen molar-refractivity contribution in [3.05, 3.63) is 65.2 Å². The molecule has 2 aliphatic heterocycles. The van der Waals surface area contributed by atoms with Gasteiger partial charge in [0.05, 0.1) is 6.61 Å². The summed E-state index contributed by atoms with van der Waals surface area (Å²) in [7, 11) is 0. The summed E-state index contributed by atoms with van der Waals surface area (Å²) >= 11 is 0. The van der Waals surface area contributed by atoms with Crippen LogP contribution in [0.25, 0.3) is 0 Å². The minimum absolute atomic E-state index is 0.192. The van der Waals surface area contributed by atoms with Gasteiger partial charge in [0.15, 0.2) is 6.10 Å². The number of nitrogens with one attached hydrogen (secondary N) is 1. The molecule has 4 rings (SSSR count). The third-order valence-electron chi connectivity index (χ3n) is 7.30. The fourth-order valence-electron chi connectivity index (χ4n) is 5.08. The van der Waals surface area contributed by atoms with E-state index in [4.69, 9.17) is 18.9 Å². The third kappa shape index (κ3) is 7.37. The molecular formula is C29H35NO13. The number of benzene rings is 2. The number of hydrogen-bond acceptors (Lipinski definition) is 13. The van der Waals surface area contributed by atoms with Crippen LogP contribution in [0, 0.1) is 0 Å². The number of rotatable bonds is 8. The summed E-state index contributed by atoms with van der Waals surface area (Å²) in [6, 6.07) is 12.3. The topological polar surface area (TPSA) is 222 Å². The molecule has 0 unspecified atom stereocenters. The molecule has 0 aromatic heterocycles. The largest absolute Gasteiger partial charge is 0.463 e. The van der Waals surface area contributed by atoms with Gasteiger partial charge in [0.2, 0.25) is 0 Å². The van der Waals surface area contributed by atoms with E-state index in [0.29, 0.717) is 16.8 Å². The maximum Gasteiger partial charge on any atom is 0.303 e. The normalized spacial score (nSPS) is 32.5. The van der Waals surface area contributed by atoms with Crippen LogP contribution in [0.1, 0.15) is 47.5 Å². The Morgan fingerprint density at radius 2 is 1.40 bits per heavy atom. The number of anilines is 1. The highest BCUT2D eigenvalue weighted by Gasteiger charge is 2.47. The Balaban J connectivity index is 1.46. The van der Waals surface area contributed by atoms with Crippen molar-refractivity contribution >= 4 is 23.5 Å². The summed E-state index contributed by atoms with van der Waals surface area (Å²) in [5.41, 5.74) is 1.32. The zero-order valence-corrected chi connectivity index (χ0v) is 23.3. The molecule has 14 heteroatoms. The second kappa shape index (κ2) is 13.9. The van der Waals surface area contributed by atoms with Gasteiger partial charge in [-0.15, -0.1) is 0 Å². The lowest BCUT2D eigenvalue weighted by atomic mass is 9.90. The Morgan fingerprint density at radius 3 is 2.02 bits per heavy atom. The van der Waals surface area contributed by atoms with Crippen molar-refractivity contribution in [3.8, 4) is 0 Å². The second-order valence-electron chi connectivity index (χ2n) is 10.4. The molecule has 7 N–H and O–H groups in total. The predicted octanol–water partition coefficient (Wildman–Crippen LogP) is -0.890. The fraction of sp³-hybridized carbons (Fsp3) is 0.483. The lowest BCUT2D eigenvalue weighted by Crippen LogP contribution is -2.57. The molecule has 43 heavy (non-hydrogen) atoms. The maximum absolute atomic E-state index is 13.0. The summed E-state index contributed by atoms with van der Waals surface area (Å²) in [5, 5.41) is 64.1.